The van der Waals surface area contributed by atoms with E-state index in [2.05, 4.69) is 5.32 Å². The molecule has 4 rings (SSSR count). The van der Waals surface area contributed by atoms with Crippen LogP contribution in [-0.2, 0) is 4.79 Å². The average molecular weight is 470 g/mol. The van der Waals surface area contributed by atoms with Crippen molar-refractivity contribution in [2.45, 2.75) is 39.2 Å². The van der Waals surface area contributed by atoms with Crippen LogP contribution < -0.4 is 14.8 Å². The highest BCUT2D eigenvalue weighted by atomic mass is 32.1. The van der Waals surface area contributed by atoms with Crippen LogP contribution in [0.3, 0.4) is 0 Å². The van der Waals surface area contributed by atoms with Crippen LogP contribution in [-0.4, -0.2) is 29.7 Å². The first kappa shape index (κ1) is 22.8. The second-order valence-corrected chi connectivity index (χ2v) is 9.02. The van der Waals surface area contributed by atoms with E-state index >= 15 is 0 Å². The maximum absolute atomic E-state index is 13.5. The summed E-state index contributed by atoms with van der Waals surface area (Å²) in [5, 5.41) is 12.7. The Balaban J connectivity index is 1.85. The molecule has 0 spiro atoms. The summed E-state index contributed by atoms with van der Waals surface area (Å²) in [5.41, 5.74) is 2.22. The standard InChI is InChI=1S/C25H24FNO5S/c1-4-31-19-11-15(7-10-18(19)32-13(2)3)17-12-20(28)27-22-21(14-5-8-16(26)9-6-14)24(25(29)30)33-23(17)22/h5-11,13,17H,4,12H2,1-3H3,(H,27,28)(H,29,30)/t17-/m1/s1. The van der Waals surface area contributed by atoms with E-state index in [1.54, 1.807) is 0 Å². The van der Waals surface area contributed by atoms with Gasteiger partial charge in [-0.1, -0.05) is 18.2 Å². The smallest absolute Gasteiger partial charge is 0.346 e. The number of fused-ring (bicyclic) bond motifs is 1. The molecule has 2 heterocycles. The Morgan fingerprint density at radius 1 is 1.21 bits per heavy atom. The number of aromatic carboxylic acids is 1. The Labute approximate surface area is 195 Å². The third-order valence-corrected chi connectivity index (χ3v) is 6.56. The highest BCUT2D eigenvalue weighted by Gasteiger charge is 2.35. The van der Waals surface area contributed by atoms with Gasteiger partial charge in [0.2, 0.25) is 5.91 Å². The van der Waals surface area contributed by atoms with Crippen molar-refractivity contribution < 1.29 is 28.6 Å². The zero-order valence-electron chi connectivity index (χ0n) is 18.5. The quantitative estimate of drug-likeness (QED) is 0.449. The number of hydrogen-bond acceptors (Lipinski definition) is 5. The number of halogens is 1. The molecule has 6 nitrogen and oxygen atoms in total. The number of carbonyl (C=O) groups is 2. The van der Waals surface area contributed by atoms with E-state index in [1.807, 2.05) is 39.0 Å². The maximum Gasteiger partial charge on any atom is 0.346 e. The molecule has 0 saturated heterocycles. The molecule has 0 unspecified atom stereocenters. The zero-order chi connectivity index (χ0) is 23.7. The number of carbonyl (C=O) groups excluding carboxylic acids is 1. The van der Waals surface area contributed by atoms with E-state index in [1.165, 1.54) is 24.3 Å². The maximum atomic E-state index is 13.5. The van der Waals surface area contributed by atoms with Gasteiger partial charge in [-0.2, -0.15) is 0 Å². The van der Waals surface area contributed by atoms with Gasteiger partial charge in [-0.05, 0) is 56.2 Å². The topological polar surface area (TPSA) is 84.9 Å². The summed E-state index contributed by atoms with van der Waals surface area (Å²) in [6.07, 6.45) is 0.140. The molecule has 0 radical (unpaired) electrons. The van der Waals surface area contributed by atoms with E-state index < -0.39 is 11.8 Å². The first-order chi connectivity index (χ1) is 15.8. The van der Waals surface area contributed by atoms with E-state index in [0.717, 1.165) is 21.8 Å². The molecule has 2 N–H and O–H groups in total. The first-order valence-corrected chi connectivity index (χ1v) is 11.5. The van der Waals surface area contributed by atoms with Gasteiger partial charge >= 0.3 is 5.97 Å². The number of rotatable bonds is 7. The van der Waals surface area contributed by atoms with Crippen LogP contribution >= 0.6 is 11.3 Å². The van der Waals surface area contributed by atoms with Gasteiger partial charge in [0.25, 0.3) is 0 Å². The van der Waals surface area contributed by atoms with Gasteiger partial charge in [0.1, 0.15) is 10.7 Å². The Morgan fingerprint density at radius 2 is 1.94 bits per heavy atom. The van der Waals surface area contributed by atoms with Crippen molar-refractivity contribution in [1.82, 2.24) is 0 Å². The molecule has 3 aromatic rings. The van der Waals surface area contributed by atoms with Gasteiger partial charge < -0.3 is 19.9 Å². The lowest BCUT2D eigenvalue weighted by Crippen LogP contribution is -2.22. The normalized spacial score (nSPS) is 15.2. The number of amides is 1. The summed E-state index contributed by atoms with van der Waals surface area (Å²) >= 11 is 1.13. The van der Waals surface area contributed by atoms with Crippen molar-refractivity contribution in [3.05, 3.63) is 63.6 Å². The second kappa shape index (κ2) is 9.23. The Kier molecular flexibility index (Phi) is 6.37. The van der Waals surface area contributed by atoms with Gasteiger partial charge in [-0.25, -0.2) is 9.18 Å². The monoisotopic (exact) mass is 469 g/mol. The number of thiophene rings is 1. The Morgan fingerprint density at radius 3 is 2.58 bits per heavy atom. The van der Waals surface area contributed by atoms with Crippen molar-refractivity contribution in [3.8, 4) is 22.6 Å². The fourth-order valence-corrected chi connectivity index (χ4v) is 5.21. The fraction of sp³-hybridized carbons (Fsp3) is 0.280. The van der Waals surface area contributed by atoms with Crippen molar-refractivity contribution in [2.75, 3.05) is 11.9 Å². The summed E-state index contributed by atoms with van der Waals surface area (Å²) in [6.45, 7) is 6.19. The number of anilines is 1. The fourth-order valence-electron chi connectivity index (χ4n) is 3.96. The molecule has 1 aromatic heterocycles. The van der Waals surface area contributed by atoms with Crippen molar-refractivity contribution in [1.29, 1.82) is 0 Å². The van der Waals surface area contributed by atoms with Crippen molar-refractivity contribution in [3.63, 3.8) is 0 Å². The van der Waals surface area contributed by atoms with Crippen LogP contribution in [0.4, 0.5) is 10.1 Å². The summed E-state index contributed by atoms with van der Waals surface area (Å²) in [4.78, 5) is 25.6. The molecule has 1 aliphatic heterocycles. The molecule has 1 aliphatic rings. The van der Waals surface area contributed by atoms with Crippen molar-refractivity contribution >= 4 is 28.9 Å². The van der Waals surface area contributed by atoms with Crippen LogP contribution in [0.2, 0.25) is 0 Å². The minimum absolute atomic E-state index is 0.0317. The number of carboxylic acids is 1. The van der Waals surface area contributed by atoms with Gasteiger partial charge in [0.05, 0.1) is 18.4 Å². The molecule has 2 aromatic carbocycles. The molecule has 8 heteroatoms. The number of hydrogen-bond donors (Lipinski definition) is 2. The zero-order valence-corrected chi connectivity index (χ0v) is 19.3. The molecule has 0 saturated carbocycles. The molecule has 1 atom stereocenters. The van der Waals surface area contributed by atoms with Gasteiger partial charge in [0.15, 0.2) is 11.5 Å². The lowest BCUT2D eigenvalue weighted by molar-refractivity contribution is -0.116. The van der Waals surface area contributed by atoms with Crippen LogP contribution in [0.5, 0.6) is 11.5 Å². The van der Waals surface area contributed by atoms with E-state index in [4.69, 9.17) is 9.47 Å². The van der Waals surface area contributed by atoms with E-state index in [0.29, 0.717) is 34.9 Å². The van der Waals surface area contributed by atoms with Crippen LogP contribution in [0.1, 0.15) is 53.2 Å². The molecule has 0 fully saturated rings. The molecular weight excluding hydrogens is 445 g/mol. The lowest BCUT2D eigenvalue weighted by atomic mass is 9.88. The van der Waals surface area contributed by atoms with E-state index in [-0.39, 0.29) is 29.2 Å². The number of ether oxygens (including phenoxy) is 2. The SMILES string of the molecule is CCOc1cc([C@H]2CC(=O)Nc3c2sc(C(=O)O)c3-c2ccc(F)cc2)ccc1OC(C)C. The minimum atomic E-state index is -1.10. The highest BCUT2D eigenvalue weighted by Crippen LogP contribution is 2.50. The van der Waals surface area contributed by atoms with Gasteiger partial charge in [-0.15, -0.1) is 11.3 Å². The lowest BCUT2D eigenvalue weighted by Gasteiger charge is -2.25. The third-order valence-electron chi connectivity index (χ3n) is 5.27. The number of benzene rings is 2. The van der Waals surface area contributed by atoms with Crippen LogP contribution in [0, 0.1) is 5.82 Å². The molecular formula is C25H24FNO5S. The van der Waals surface area contributed by atoms with Crippen LogP contribution in [0.15, 0.2) is 42.5 Å². The summed E-state index contributed by atoms with van der Waals surface area (Å²) < 4.78 is 25.1. The number of carboxylic acid groups (broad SMARTS) is 1. The molecule has 172 valence electrons. The van der Waals surface area contributed by atoms with Crippen LogP contribution in [0.25, 0.3) is 11.1 Å². The second-order valence-electron chi connectivity index (χ2n) is 7.97. The molecule has 33 heavy (non-hydrogen) atoms. The van der Waals surface area contributed by atoms with Gasteiger partial charge in [-0.3, -0.25) is 4.79 Å². The van der Waals surface area contributed by atoms with Gasteiger partial charge in [0, 0.05) is 22.8 Å². The Bertz CT molecular complexity index is 1200. The highest BCUT2D eigenvalue weighted by molar-refractivity contribution is 7.15. The number of nitrogens with one attached hydrogen (secondary N) is 1. The largest absolute Gasteiger partial charge is 0.490 e. The Hall–Kier alpha value is -3.39. The summed E-state index contributed by atoms with van der Waals surface area (Å²) in [5.74, 6) is -0.902. The summed E-state index contributed by atoms with van der Waals surface area (Å²) in [6, 6.07) is 11.1. The van der Waals surface area contributed by atoms with Crippen molar-refractivity contribution in [2.24, 2.45) is 0 Å². The molecule has 0 bridgehead atoms. The average Bonchev–Trinajstić information content (AvgIpc) is 3.14. The molecule has 0 aliphatic carbocycles. The summed E-state index contributed by atoms with van der Waals surface area (Å²) in [7, 11) is 0. The minimum Gasteiger partial charge on any atom is -0.490 e. The third kappa shape index (κ3) is 4.57. The van der Waals surface area contributed by atoms with E-state index in [9.17, 15) is 19.1 Å². The predicted molar refractivity (Wildman–Crippen MR) is 125 cm³/mol. The predicted octanol–water partition coefficient (Wildman–Crippen LogP) is 5.91. The molecule has 1 amide bonds. The first-order valence-electron chi connectivity index (χ1n) is 10.7.